The van der Waals surface area contributed by atoms with Gasteiger partial charge in [-0.15, -0.1) is 11.8 Å². The highest BCUT2D eigenvalue weighted by atomic mass is 32.2. The predicted octanol–water partition coefficient (Wildman–Crippen LogP) is 3.75. The van der Waals surface area contributed by atoms with Crippen molar-refractivity contribution in [3.63, 3.8) is 0 Å². The van der Waals surface area contributed by atoms with Gasteiger partial charge in [0, 0.05) is 24.3 Å². The largest absolute Gasteiger partial charge is 0.360 e. The molecule has 1 aromatic carbocycles. The molecule has 0 spiro atoms. The summed E-state index contributed by atoms with van der Waals surface area (Å²) >= 11 is 1.82. The smallest absolute Gasteiger partial charge is 0.277 e. The normalized spacial score (nSPS) is 20.6. The molecule has 0 saturated carbocycles. The Morgan fingerprint density at radius 2 is 2.04 bits per heavy atom. The molecule has 2 heterocycles. The number of nitrogens with zero attached hydrogens (tertiary/aromatic N) is 2. The summed E-state index contributed by atoms with van der Waals surface area (Å²) in [6.45, 7) is 2.85. The molecule has 1 atom stereocenters. The van der Waals surface area contributed by atoms with E-state index in [1.165, 1.54) is 11.1 Å². The number of benzene rings is 1. The van der Waals surface area contributed by atoms with Crippen molar-refractivity contribution in [3.8, 4) is 0 Å². The third kappa shape index (κ3) is 2.67. The van der Waals surface area contributed by atoms with Crippen molar-refractivity contribution in [2.75, 3.05) is 12.3 Å². The van der Waals surface area contributed by atoms with Crippen molar-refractivity contribution in [1.82, 2.24) is 10.1 Å². The molecule has 1 aromatic heterocycles. The monoisotopic (exact) mass is 328 g/mol. The van der Waals surface area contributed by atoms with E-state index in [4.69, 9.17) is 4.52 Å². The summed E-state index contributed by atoms with van der Waals surface area (Å²) in [6, 6.07) is 8.46. The van der Waals surface area contributed by atoms with Crippen LogP contribution >= 0.6 is 11.8 Å². The van der Waals surface area contributed by atoms with E-state index in [-0.39, 0.29) is 11.3 Å². The van der Waals surface area contributed by atoms with E-state index in [9.17, 15) is 4.79 Å². The van der Waals surface area contributed by atoms with Gasteiger partial charge in [-0.3, -0.25) is 4.79 Å². The lowest BCUT2D eigenvalue weighted by Crippen LogP contribution is -2.31. The van der Waals surface area contributed by atoms with Crippen molar-refractivity contribution >= 4 is 17.7 Å². The zero-order valence-corrected chi connectivity index (χ0v) is 14.1. The van der Waals surface area contributed by atoms with Gasteiger partial charge in [-0.2, -0.15) is 0 Å². The van der Waals surface area contributed by atoms with E-state index in [2.05, 4.69) is 36.3 Å². The van der Waals surface area contributed by atoms with Gasteiger partial charge in [-0.25, -0.2) is 0 Å². The summed E-state index contributed by atoms with van der Waals surface area (Å²) in [7, 11) is 0. The minimum atomic E-state index is 0.0208. The van der Waals surface area contributed by atoms with Crippen molar-refractivity contribution < 1.29 is 9.32 Å². The Hall–Kier alpha value is -1.75. The van der Waals surface area contributed by atoms with Gasteiger partial charge in [-0.1, -0.05) is 35.0 Å². The summed E-state index contributed by atoms with van der Waals surface area (Å²) in [4.78, 5) is 15.0. The highest BCUT2D eigenvalue weighted by Crippen LogP contribution is 2.39. The van der Waals surface area contributed by atoms with E-state index in [0.29, 0.717) is 5.69 Å². The van der Waals surface area contributed by atoms with Crippen LogP contribution in [0.5, 0.6) is 0 Å². The van der Waals surface area contributed by atoms with Gasteiger partial charge in [0.05, 0.1) is 0 Å². The second-order valence-electron chi connectivity index (χ2n) is 6.27. The predicted molar refractivity (Wildman–Crippen MR) is 90.6 cm³/mol. The molecule has 1 saturated heterocycles. The Labute approximate surface area is 140 Å². The number of carbonyl (C=O) groups is 1. The third-order valence-electron chi connectivity index (χ3n) is 4.67. The van der Waals surface area contributed by atoms with Gasteiger partial charge in [-0.05, 0) is 31.7 Å². The van der Waals surface area contributed by atoms with Gasteiger partial charge in [0.15, 0.2) is 5.69 Å². The summed E-state index contributed by atoms with van der Waals surface area (Å²) in [5, 5.41) is 4.19. The van der Waals surface area contributed by atoms with Crippen LogP contribution in [-0.2, 0) is 12.8 Å². The number of amides is 1. The number of carbonyl (C=O) groups excluding carboxylic acids is 1. The van der Waals surface area contributed by atoms with E-state index >= 15 is 0 Å². The lowest BCUT2D eigenvalue weighted by molar-refractivity contribution is 0.0749. The zero-order chi connectivity index (χ0) is 15.8. The minimum absolute atomic E-state index is 0.0208. The Balaban J connectivity index is 1.62. The molecule has 4 rings (SSSR count). The Bertz CT molecular complexity index is 723. The lowest BCUT2D eigenvalue weighted by Gasteiger charge is -2.24. The molecular formula is C18H20N2O2S. The Morgan fingerprint density at radius 3 is 2.87 bits per heavy atom. The molecule has 2 aliphatic rings. The van der Waals surface area contributed by atoms with E-state index in [1.54, 1.807) is 0 Å². The van der Waals surface area contributed by atoms with Crippen LogP contribution in [0.25, 0.3) is 0 Å². The molecule has 0 radical (unpaired) electrons. The summed E-state index contributed by atoms with van der Waals surface area (Å²) in [5.41, 5.74) is 4.00. The van der Waals surface area contributed by atoms with Crippen molar-refractivity contribution in [1.29, 1.82) is 0 Å². The first-order chi connectivity index (χ1) is 11.2. The molecular weight excluding hydrogens is 308 g/mol. The molecule has 5 heteroatoms. The topological polar surface area (TPSA) is 46.3 Å². The number of hydrogen-bond donors (Lipinski definition) is 0. The first kappa shape index (κ1) is 14.8. The van der Waals surface area contributed by atoms with Crippen molar-refractivity contribution in [3.05, 3.63) is 52.4 Å². The Morgan fingerprint density at radius 1 is 1.26 bits per heavy atom. The zero-order valence-electron chi connectivity index (χ0n) is 13.2. The molecule has 120 valence electrons. The second kappa shape index (κ2) is 6.04. The molecule has 1 unspecified atom stereocenters. The van der Waals surface area contributed by atoms with Crippen LogP contribution in [0, 0.1) is 6.92 Å². The summed E-state index contributed by atoms with van der Waals surface area (Å²) < 4.78 is 5.42. The molecule has 2 aromatic rings. The highest BCUT2D eigenvalue weighted by Gasteiger charge is 2.35. The molecule has 1 aliphatic heterocycles. The number of rotatable bonds is 2. The molecule has 23 heavy (non-hydrogen) atoms. The van der Waals surface area contributed by atoms with Crippen LogP contribution in [-0.4, -0.2) is 28.3 Å². The fraction of sp³-hybridized carbons (Fsp3) is 0.444. The summed E-state index contributed by atoms with van der Waals surface area (Å²) in [6.07, 6.45) is 4.06. The molecule has 0 bridgehead atoms. The second-order valence-corrected chi connectivity index (χ2v) is 7.46. The van der Waals surface area contributed by atoms with Gasteiger partial charge in [0.1, 0.15) is 11.1 Å². The van der Waals surface area contributed by atoms with Crippen LogP contribution in [0.3, 0.4) is 0 Å². The molecule has 0 N–H and O–H groups in total. The van der Waals surface area contributed by atoms with Crippen molar-refractivity contribution in [2.45, 2.75) is 38.0 Å². The molecule has 1 fully saturated rings. The number of hydrogen-bond acceptors (Lipinski definition) is 4. The van der Waals surface area contributed by atoms with E-state index < -0.39 is 0 Å². The number of thioether (sulfide) groups is 1. The number of aromatic nitrogens is 1. The maximum absolute atomic E-state index is 13.0. The van der Waals surface area contributed by atoms with Crippen LogP contribution in [0.1, 0.15) is 51.2 Å². The van der Waals surface area contributed by atoms with Gasteiger partial charge >= 0.3 is 0 Å². The van der Waals surface area contributed by atoms with E-state index in [0.717, 1.165) is 49.3 Å². The van der Waals surface area contributed by atoms with Crippen LogP contribution in [0.15, 0.2) is 28.8 Å². The van der Waals surface area contributed by atoms with Gasteiger partial charge in [0.2, 0.25) is 0 Å². The minimum Gasteiger partial charge on any atom is -0.360 e. The standard InChI is InChI=1S/C18H20N2O2S/c1-12-6-8-13(9-7-12)18-20(10-11-23-18)17(21)16-14-4-2-3-5-15(14)22-19-16/h6-9,18H,2-5,10-11H2,1H3. The first-order valence-electron chi connectivity index (χ1n) is 8.20. The van der Waals surface area contributed by atoms with E-state index in [1.807, 2.05) is 16.7 Å². The average molecular weight is 328 g/mol. The van der Waals surface area contributed by atoms with Gasteiger partial charge < -0.3 is 9.42 Å². The first-order valence-corrected chi connectivity index (χ1v) is 9.25. The van der Waals surface area contributed by atoms with Crippen molar-refractivity contribution in [2.24, 2.45) is 0 Å². The molecule has 1 aliphatic carbocycles. The lowest BCUT2D eigenvalue weighted by atomic mass is 9.96. The maximum Gasteiger partial charge on any atom is 0.277 e. The molecule has 4 nitrogen and oxygen atoms in total. The average Bonchev–Trinajstić information content (AvgIpc) is 3.22. The number of fused-ring (bicyclic) bond motifs is 1. The molecule has 1 amide bonds. The number of aryl methyl sites for hydroxylation is 2. The third-order valence-corrected chi connectivity index (χ3v) is 5.93. The fourth-order valence-corrected chi connectivity index (χ4v) is 4.63. The van der Waals surface area contributed by atoms with Crippen LogP contribution in [0.4, 0.5) is 0 Å². The SMILES string of the molecule is Cc1ccc(C2SCCN2C(=O)c2noc3c2CCCC3)cc1. The van der Waals surface area contributed by atoms with Crippen LogP contribution < -0.4 is 0 Å². The highest BCUT2D eigenvalue weighted by molar-refractivity contribution is 7.99. The summed E-state index contributed by atoms with van der Waals surface area (Å²) in [5.74, 6) is 1.90. The maximum atomic E-state index is 13.0. The Kier molecular flexibility index (Phi) is 3.89. The quantitative estimate of drug-likeness (QED) is 0.842. The fourth-order valence-electron chi connectivity index (χ4n) is 3.37. The van der Waals surface area contributed by atoms with Gasteiger partial charge in [0.25, 0.3) is 5.91 Å². The van der Waals surface area contributed by atoms with Crippen LogP contribution in [0.2, 0.25) is 0 Å².